The number of amides is 1. The Balaban J connectivity index is 1.86. The molecule has 1 heterocycles. The summed E-state index contributed by atoms with van der Waals surface area (Å²) in [4.78, 5) is 12.0. The highest BCUT2D eigenvalue weighted by Gasteiger charge is 2.27. The van der Waals surface area contributed by atoms with Crippen molar-refractivity contribution in [1.29, 1.82) is 0 Å². The van der Waals surface area contributed by atoms with E-state index in [1.165, 1.54) is 0 Å². The Morgan fingerprint density at radius 3 is 2.52 bits per heavy atom. The predicted molar refractivity (Wildman–Crippen MR) is 81.3 cm³/mol. The topological polar surface area (TPSA) is 72.5 Å². The van der Waals surface area contributed by atoms with Gasteiger partial charge in [-0.05, 0) is 50.5 Å². The number of benzene rings is 1. The highest BCUT2D eigenvalue weighted by molar-refractivity contribution is 7.91. The zero-order chi connectivity index (χ0) is 15.5. The van der Waals surface area contributed by atoms with Gasteiger partial charge in [0.2, 0.25) is 0 Å². The lowest BCUT2D eigenvalue weighted by Gasteiger charge is -2.11. The first kappa shape index (κ1) is 15.8. The average molecular weight is 311 g/mol. The molecule has 0 aromatic heterocycles. The number of hydrogen-bond acceptors (Lipinski definition) is 4. The van der Waals surface area contributed by atoms with Crippen LogP contribution in [0, 0.1) is 5.92 Å². The molecule has 0 unspecified atom stereocenters. The van der Waals surface area contributed by atoms with Crippen molar-refractivity contribution in [1.82, 2.24) is 5.32 Å². The normalized spacial score (nSPS) is 20.4. The quantitative estimate of drug-likeness (QED) is 0.897. The number of hydrogen-bond donors (Lipinski definition) is 1. The molecule has 6 heteroatoms. The number of nitrogens with one attached hydrogen (secondary N) is 1. The van der Waals surface area contributed by atoms with Crippen molar-refractivity contribution in [2.45, 2.75) is 26.4 Å². The molecule has 2 rings (SSSR count). The first-order chi connectivity index (χ1) is 9.85. The lowest BCUT2D eigenvalue weighted by Crippen LogP contribution is -2.29. The summed E-state index contributed by atoms with van der Waals surface area (Å²) in [5.41, 5.74) is 0.548. The Morgan fingerprint density at radius 2 is 2.00 bits per heavy atom. The second-order valence-corrected chi connectivity index (χ2v) is 7.90. The summed E-state index contributed by atoms with van der Waals surface area (Å²) in [5.74, 6) is 0.977. The third-order valence-electron chi connectivity index (χ3n) is 3.37. The first-order valence-electron chi connectivity index (χ1n) is 7.11. The third-order valence-corrected chi connectivity index (χ3v) is 5.20. The number of rotatable bonds is 5. The lowest BCUT2D eigenvalue weighted by molar-refractivity contribution is 0.0948. The first-order valence-corrected chi connectivity index (χ1v) is 8.93. The van der Waals surface area contributed by atoms with E-state index in [1.807, 2.05) is 13.8 Å². The van der Waals surface area contributed by atoms with Gasteiger partial charge in [0.15, 0.2) is 9.84 Å². The van der Waals surface area contributed by atoms with Gasteiger partial charge in [-0.25, -0.2) is 8.42 Å². The standard InChI is InChI=1S/C15H21NO4S/c1-11(2)20-14-5-3-13(4-6-14)15(17)16-9-12-7-8-21(18,19)10-12/h3-6,11-12H,7-10H2,1-2H3,(H,16,17)/t12-/m1/s1. The summed E-state index contributed by atoms with van der Waals surface area (Å²) in [6.45, 7) is 4.29. The molecular weight excluding hydrogens is 290 g/mol. The third kappa shape index (κ3) is 4.74. The Morgan fingerprint density at radius 1 is 1.33 bits per heavy atom. The molecule has 0 spiro atoms. The maximum Gasteiger partial charge on any atom is 0.251 e. The molecule has 1 amide bonds. The largest absolute Gasteiger partial charge is 0.491 e. The minimum absolute atomic E-state index is 0.0301. The molecule has 21 heavy (non-hydrogen) atoms. The molecular formula is C15H21NO4S. The molecule has 116 valence electrons. The summed E-state index contributed by atoms with van der Waals surface area (Å²) in [7, 11) is -2.89. The van der Waals surface area contributed by atoms with Crippen molar-refractivity contribution < 1.29 is 17.9 Å². The van der Waals surface area contributed by atoms with Gasteiger partial charge in [0.25, 0.3) is 5.91 Å². The summed E-state index contributed by atoms with van der Waals surface area (Å²) in [5, 5.41) is 2.79. The molecule has 1 saturated heterocycles. The van der Waals surface area contributed by atoms with Gasteiger partial charge < -0.3 is 10.1 Å². The minimum atomic E-state index is -2.89. The number of carbonyl (C=O) groups excluding carboxylic acids is 1. The Kier molecular flexibility index (Phi) is 4.88. The van der Waals surface area contributed by atoms with Crippen LogP contribution in [0.15, 0.2) is 24.3 Å². The van der Waals surface area contributed by atoms with Crippen LogP contribution >= 0.6 is 0 Å². The summed E-state index contributed by atoms with van der Waals surface area (Å²) >= 11 is 0. The van der Waals surface area contributed by atoms with Gasteiger partial charge >= 0.3 is 0 Å². The maximum atomic E-state index is 12.0. The van der Waals surface area contributed by atoms with Crippen molar-refractivity contribution in [3.8, 4) is 5.75 Å². The van der Waals surface area contributed by atoms with Gasteiger partial charge in [0.05, 0.1) is 17.6 Å². The SMILES string of the molecule is CC(C)Oc1ccc(C(=O)NC[C@H]2CCS(=O)(=O)C2)cc1. The van der Waals surface area contributed by atoms with E-state index in [4.69, 9.17) is 4.74 Å². The van der Waals surface area contributed by atoms with Gasteiger partial charge in [-0.1, -0.05) is 0 Å². The Bertz CT molecular complexity index is 593. The second-order valence-electron chi connectivity index (χ2n) is 5.67. The minimum Gasteiger partial charge on any atom is -0.491 e. The van der Waals surface area contributed by atoms with E-state index < -0.39 is 9.84 Å². The maximum absolute atomic E-state index is 12.0. The van der Waals surface area contributed by atoms with Crippen LogP contribution in [0.5, 0.6) is 5.75 Å². The van der Waals surface area contributed by atoms with Crippen LogP contribution in [-0.4, -0.2) is 38.5 Å². The lowest BCUT2D eigenvalue weighted by atomic mass is 10.1. The van der Waals surface area contributed by atoms with Crippen molar-refractivity contribution in [3.05, 3.63) is 29.8 Å². The fourth-order valence-corrected chi connectivity index (χ4v) is 4.19. The fraction of sp³-hybridized carbons (Fsp3) is 0.533. The van der Waals surface area contributed by atoms with E-state index >= 15 is 0 Å². The van der Waals surface area contributed by atoms with E-state index in [0.717, 1.165) is 5.75 Å². The summed E-state index contributed by atoms with van der Waals surface area (Å²) < 4.78 is 28.2. The zero-order valence-corrected chi connectivity index (χ0v) is 13.2. The molecule has 0 saturated carbocycles. The van der Waals surface area contributed by atoms with Crippen LogP contribution in [0.3, 0.4) is 0 Å². The molecule has 5 nitrogen and oxygen atoms in total. The molecule has 1 fully saturated rings. The summed E-state index contributed by atoms with van der Waals surface area (Å²) in [6, 6.07) is 6.93. The van der Waals surface area contributed by atoms with Crippen LogP contribution in [0.25, 0.3) is 0 Å². The Hall–Kier alpha value is -1.56. The zero-order valence-electron chi connectivity index (χ0n) is 12.3. The molecule has 0 bridgehead atoms. The molecule has 0 radical (unpaired) electrons. The predicted octanol–water partition coefficient (Wildman–Crippen LogP) is 1.64. The van der Waals surface area contributed by atoms with Crippen molar-refractivity contribution in [2.24, 2.45) is 5.92 Å². The molecule has 1 aliphatic rings. The number of ether oxygens (including phenoxy) is 1. The van der Waals surface area contributed by atoms with Crippen molar-refractivity contribution in [3.63, 3.8) is 0 Å². The van der Waals surface area contributed by atoms with Crippen LogP contribution in [-0.2, 0) is 9.84 Å². The van der Waals surface area contributed by atoms with Gasteiger partial charge in [0.1, 0.15) is 5.75 Å². The highest BCUT2D eigenvalue weighted by Crippen LogP contribution is 2.18. The van der Waals surface area contributed by atoms with E-state index in [1.54, 1.807) is 24.3 Å². The fourth-order valence-electron chi connectivity index (χ4n) is 2.33. The number of carbonyl (C=O) groups is 1. The van der Waals surface area contributed by atoms with E-state index in [-0.39, 0.29) is 29.4 Å². The smallest absolute Gasteiger partial charge is 0.251 e. The Labute approximate surface area is 125 Å². The molecule has 1 atom stereocenters. The van der Waals surface area contributed by atoms with Gasteiger partial charge in [-0.15, -0.1) is 0 Å². The van der Waals surface area contributed by atoms with Crippen LogP contribution < -0.4 is 10.1 Å². The van der Waals surface area contributed by atoms with Crippen molar-refractivity contribution >= 4 is 15.7 Å². The van der Waals surface area contributed by atoms with Gasteiger partial charge in [-0.3, -0.25) is 4.79 Å². The van der Waals surface area contributed by atoms with E-state index in [0.29, 0.717) is 18.5 Å². The number of sulfone groups is 1. The van der Waals surface area contributed by atoms with Gasteiger partial charge in [0, 0.05) is 12.1 Å². The van der Waals surface area contributed by atoms with E-state index in [9.17, 15) is 13.2 Å². The van der Waals surface area contributed by atoms with Gasteiger partial charge in [-0.2, -0.15) is 0 Å². The second kappa shape index (κ2) is 6.47. The summed E-state index contributed by atoms with van der Waals surface area (Å²) in [6.07, 6.45) is 0.720. The van der Waals surface area contributed by atoms with Crippen LogP contribution in [0.2, 0.25) is 0 Å². The van der Waals surface area contributed by atoms with Crippen LogP contribution in [0.4, 0.5) is 0 Å². The average Bonchev–Trinajstić information content (AvgIpc) is 2.76. The van der Waals surface area contributed by atoms with E-state index in [2.05, 4.69) is 5.32 Å². The highest BCUT2D eigenvalue weighted by atomic mass is 32.2. The monoisotopic (exact) mass is 311 g/mol. The van der Waals surface area contributed by atoms with Crippen molar-refractivity contribution in [2.75, 3.05) is 18.1 Å². The molecule has 1 aromatic rings. The van der Waals surface area contributed by atoms with Crippen LogP contribution in [0.1, 0.15) is 30.6 Å². The molecule has 1 N–H and O–H groups in total. The molecule has 1 aliphatic heterocycles. The molecule has 0 aliphatic carbocycles. The molecule has 1 aromatic carbocycles.